The number of ether oxygens (including phenoxy) is 1. The third kappa shape index (κ3) is 5.70. The number of aromatic amines is 1. The molecule has 2 aromatic heterocycles. The summed E-state index contributed by atoms with van der Waals surface area (Å²) in [6.07, 6.45) is 6.66. The van der Waals surface area contributed by atoms with Crippen molar-refractivity contribution in [3.05, 3.63) is 63.2 Å². The number of benzene rings is 1. The van der Waals surface area contributed by atoms with Crippen molar-refractivity contribution in [2.24, 2.45) is 11.3 Å². The predicted molar refractivity (Wildman–Crippen MR) is 159 cm³/mol. The zero-order valence-corrected chi connectivity index (χ0v) is 24.7. The van der Waals surface area contributed by atoms with Gasteiger partial charge in [0.15, 0.2) is 0 Å². The van der Waals surface area contributed by atoms with E-state index in [1.807, 2.05) is 31.4 Å². The van der Waals surface area contributed by atoms with E-state index >= 15 is 0 Å². The molecule has 3 N–H and O–H groups in total. The standard InChI is InChI=1S/C31H42N4O3S/c1-19-14-27(39-5)25(29(36)34-19)15-32-30(37)28-21(3)35(26-9-7-6-8-24(26)28)20(2)22-10-12-23(13-11-22)33-16-31(4)17-38-18-31/h6-9,14,20,22-23,33H,10-13,15-18H2,1-5H3,(H,32,37)(H,34,36)/t20-,22-,23+/m1/s1. The first-order valence-corrected chi connectivity index (χ1v) is 15.4. The minimum absolute atomic E-state index is 0.136. The molecule has 1 atom stereocenters. The van der Waals surface area contributed by atoms with Gasteiger partial charge >= 0.3 is 0 Å². The Kier molecular flexibility index (Phi) is 8.26. The summed E-state index contributed by atoms with van der Waals surface area (Å²) < 4.78 is 7.79. The number of hydrogen-bond donors (Lipinski definition) is 3. The second-order valence-corrected chi connectivity index (χ2v) is 12.7. The molecule has 1 amide bonds. The van der Waals surface area contributed by atoms with Gasteiger partial charge < -0.3 is 24.9 Å². The van der Waals surface area contributed by atoms with Gasteiger partial charge in [-0.1, -0.05) is 25.1 Å². The van der Waals surface area contributed by atoms with Crippen molar-refractivity contribution in [1.82, 2.24) is 20.2 Å². The molecule has 39 heavy (non-hydrogen) atoms. The molecule has 8 heteroatoms. The van der Waals surface area contributed by atoms with Crippen LogP contribution < -0.4 is 16.2 Å². The van der Waals surface area contributed by atoms with Gasteiger partial charge in [0.1, 0.15) is 0 Å². The van der Waals surface area contributed by atoms with Crippen molar-refractivity contribution in [2.75, 3.05) is 26.0 Å². The molecule has 1 aromatic carbocycles. The summed E-state index contributed by atoms with van der Waals surface area (Å²) in [6, 6.07) is 11.0. The summed E-state index contributed by atoms with van der Waals surface area (Å²) in [7, 11) is 0. The van der Waals surface area contributed by atoms with Gasteiger partial charge in [-0.05, 0) is 70.8 Å². The van der Waals surface area contributed by atoms with Crippen LogP contribution in [0.2, 0.25) is 0 Å². The normalized spacial score (nSPS) is 21.5. The fourth-order valence-corrected chi connectivity index (χ4v) is 7.16. The van der Waals surface area contributed by atoms with Gasteiger partial charge in [0.05, 0.1) is 18.8 Å². The minimum atomic E-state index is -0.146. The summed E-state index contributed by atoms with van der Waals surface area (Å²) in [4.78, 5) is 30.0. The van der Waals surface area contributed by atoms with E-state index in [0.29, 0.717) is 28.5 Å². The Morgan fingerprint density at radius 2 is 1.92 bits per heavy atom. The molecule has 1 saturated carbocycles. The van der Waals surface area contributed by atoms with Crippen molar-refractivity contribution in [3.8, 4) is 0 Å². The lowest BCUT2D eigenvalue weighted by Gasteiger charge is -2.40. The average molecular weight is 551 g/mol. The fraction of sp³-hybridized carbons (Fsp3) is 0.548. The van der Waals surface area contributed by atoms with Gasteiger partial charge in [-0.3, -0.25) is 9.59 Å². The van der Waals surface area contributed by atoms with Gasteiger partial charge in [-0.25, -0.2) is 0 Å². The first-order valence-electron chi connectivity index (χ1n) is 14.2. The lowest BCUT2D eigenvalue weighted by molar-refractivity contribution is -0.100. The van der Waals surface area contributed by atoms with Gasteiger partial charge in [0.25, 0.3) is 11.5 Å². The molecular weight excluding hydrogens is 508 g/mol. The number of rotatable bonds is 9. The van der Waals surface area contributed by atoms with Crippen LogP contribution in [0.15, 0.2) is 40.0 Å². The molecule has 3 aromatic rings. The molecule has 2 aliphatic rings. The molecular formula is C31H42N4O3S. The van der Waals surface area contributed by atoms with Crippen LogP contribution in [0.3, 0.4) is 0 Å². The van der Waals surface area contributed by atoms with E-state index in [-0.39, 0.29) is 24.1 Å². The molecule has 7 nitrogen and oxygen atoms in total. The smallest absolute Gasteiger partial charge is 0.254 e. The van der Waals surface area contributed by atoms with E-state index in [0.717, 1.165) is 46.9 Å². The number of thioether (sulfide) groups is 1. The van der Waals surface area contributed by atoms with Crippen LogP contribution in [0.5, 0.6) is 0 Å². The fourth-order valence-electron chi connectivity index (χ4n) is 6.46. The average Bonchev–Trinajstić information content (AvgIpc) is 3.21. The Bertz CT molecular complexity index is 1400. The van der Waals surface area contributed by atoms with Crippen LogP contribution in [0.1, 0.15) is 72.9 Å². The highest BCUT2D eigenvalue weighted by Gasteiger charge is 2.35. The Hall–Kier alpha value is -2.55. The zero-order valence-electron chi connectivity index (χ0n) is 23.9. The highest BCUT2D eigenvalue weighted by atomic mass is 32.2. The topological polar surface area (TPSA) is 88.2 Å². The zero-order chi connectivity index (χ0) is 27.7. The Morgan fingerprint density at radius 3 is 2.59 bits per heavy atom. The van der Waals surface area contributed by atoms with E-state index in [2.05, 4.69) is 53.1 Å². The van der Waals surface area contributed by atoms with E-state index in [1.165, 1.54) is 37.4 Å². The number of aryl methyl sites for hydroxylation is 1. The summed E-state index contributed by atoms with van der Waals surface area (Å²) >= 11 is 1.52. The van der Waals surface area contributed by atoms with Crippen LogP contribution in [0.4, 0.5) is 0 Å². The number of para-hydroxylation sites is 1. The van der Waals surface area contributed by atoms with Gasteiger partial charge in [-0.2, -0.15) is 0 Å². The second-order valence-electron chi connectivity index (χ2n) is 11.9. The molecule has 0 radical (unpaired) electrons. The summed E-state index contributed by atoms with van der Waals surface area (Å²) in [5, 5.41) is 7.82. The predicted octanol–water partition coefficient (Wildman–Crippen LogP) is 5.34. The number of aromatic nitrogens is 2. The maximum absolute atomic E-state index is 13.6. The third-order valence-corrected chi connectivity index (χ3v) is 9.64. The van der Waals surface area contributed by atoms with Crippen LogP contribution in [0.25, 0.3) is 10.9 Å². The van der Waals surface area contributed by atoms with Crippen molar-refractivity contribution in [1.29, 1.82) is 0 Å². The van der Waals surface area contributed by atoms with Crippen LogP contribution in [0, 0.1) is 25.2 Å². The lowest BCUT2D eigenvalue weighted by atomic mass is 9.81. The van der Waals surface area contributed by atoms with Crippen molar-refractivity contribution in [3.63, 3.8) is 0 Å². The molecule has 1 aliphatic heterocycles. The lowest BCUT2D eigenvalue weighted by Crippen LogP contribution is -2.50. The second kappa shape index (κ2) is 11.5. The van der Waals surface area contributed by atoms with Crippen molar-refractivity contribution >= 4 is 28.6 Å². The van der Waals surface area contributed by atoms with E-state index in [4.69, 9.17) is 4.74 Å². The summed E-state index contributed by atoms with van der Waals surface area (Å²) in [6.45, 7) is 11.5. The van der Waals surface area contributed by atoms with Crippen LogP contribution in [-0.2, 0) is 11.3 Å². The van der Waals surface area contributed by atoms with Crippen LogP contribution >= 0.6 is 11.8 Å². The first kappa shape index (κ1) is 28.0. The molecule has 210 valence electrons. The number of nitrogens with zero attached hydrogens (tertiary/aromatic N) is 1. The van der Waals surface area contributed by atoms with Crippen molar-refractivity contribution in [2.45, 2.75) is 76.9 Å². The number of hydrogen-bond acceptors (Lipinski definition) is 5. The Balaban J connectivity index is 1.32. The molecule has 0 bridgehead atoms. The first-order chi connectivity index (χ1) is 18.7. The number of amides is 1. The number of carbonyl (C=O) groups excluding carboxylic acids is 1. The minimum Gasteiger partial charge on any atom is -0.380 e. The van der Waals surface area contributed by atoms with E-state index in [9.17, 15) is 9.59 Å². The molecule has 0 spiro atoms. The number of H-pyrrole nitrogens is 1. The Morgan fingerprint density at radius 1 is 1.21 bits per heavy atom. The SMILES string of the molecule is CSc1cc(C)[nH]c(=O)c1CNC(=O)c1c(C)n([C@H](C)[C@H]2CC[C@@H](NCC3(C)COC3)CC2)c2ccccc12. The molecule has 0 unspecified atom stereocenters. The van der Waals surface area contributed by atoms with Gasteiger partial charge in [0.2, 0.25) is 0 Å². The number of pyridine rings is 1. The quantitative estimate of drug-likeness (QED) is 0.313. The molecule has 1 aliphatic carbocycles. The van der Waals surface area contributed by atoms with Crippen LogP contribution in [-0.4, -0.2) is 47.5 Å². The number of carbonyl (C=O) groups is 1. The Labute approximate surface area is 235 Å². The highest BCUT2D eigenvalue weighted by molar-refractivity contribution is 7.98. The summed E-state index contributed by atoms with van der Waals surface area (Å²) in [5.41, 5.74) is 4.36. The maximum Gasteiger partial charge on any atom is 0.254 e. The molecule has 2 fully saturated rings. The number of fused-ring (bicyclic) bond motifs is 1. The van der Waals surface area contributed by atoms with E-state index < -0.39 is 0 Å². The highest BCUT2D eigenvalue weighted by Crippen LogP contribution is 2.38. The van der Waals surface area contributed by atoms with Gasteiger partial charge in [-0.15, -0.1) is 11.8 Å². The molecule has 3 heterocycles. The largest absolute Gasteiger partial charge is 0.380 e. The summed E-state index contributed by atoms with van der Waals surface area (Å²) in [5.74, 6) is 0.425. The van der Waals surface area contributed by atoms with E-state index in [1.54, 1.807) is 0 Å². The number of nitrogens with one attached hydrogen (secondary N) is 3. The molecule has 5 rings (SSSR count). The third-order valence-electron chi connectivity index (χ3n) is 8.84. The van der Waals surface area contributed by atoms with Gasteiger partial charge in [0, 0.05) is 63.3 Å². The maximum atomic E-state index is 13.6. The molecule has 1 saturated heterocycles. The van der Waals surface area contributed by atoms with Crippen molar-refractivity contribution < 1.29 is 9.53 Å². The monoisotopic (exact) mass is 550 g/mol.